The molecule has 0 aliphatic carbocycles. The molecule has 0 aliphatic rings. The van der Waals surface area contributed by atoms with Crippen molar-refractivity contribution in [2.45, 2.75) is 17.6 Å². The van der Waals surface area contributed by atoms with E-state index in [0.29, 0.717) is 10.2 Å². The van der Waals surface area contributed by atoms with Crippen molar-refractivity contribution >= 4 is 31.7 Å². The number of rotatable bonds is 4. The van der Waals surface area contributed by atoms with Gasteiger partial charge in [-0.25, -0.2) is 13.2 Å². The summed E-state index contributed by atoms with van der Waals surface area (Å²) in [5.41, 5.74) is 0.179. The Labute approximate surface area is 123 Å². The van der Waals surface area contributed by atoms with Crippen molar-refractivity contribution in [3.8, 4) is 0 Å². The van der Waals surface area contributed by atoms with Crippen LogP contribution >= 0.6 is 15.9 Å². The first-order valence-electron chi connectivity index (χ1n) is 5.47. The van der Waals surface area contributed by atoms with E-state index in [1.807, 2.05) is 0 Å². The Kier molecular flexibility index (Phi) is 3.96. The predicted octanol–water partition coefficient (Wildman–Crippen LogP) is 2.42. The fraction of sp³-hybridized carbons (Fsp3) is 0.167. The quantitative estimate of drug-likeness (QED) is 0.899. The molecule has 2 aromatic rings. The Bertz CT molecular complexity index is 766. The standard InChI is InChI=1S/C12H10BrNO5S/c1-7-4-9(14-19-7)6-20(17,18)11-5-8(12(15)16)2-3-10(11)13/h2-5H,6H2,1H3,(H,15,16). The SMILES string of the molecule is Cc1cc(CS(=O)(=O)c2cc(C(=O)O)ccc2Br)no1. The molecule has 20 heavy (non-hydrogen) atoms. The Morgan fingerprint density at radius 2 is 2.10 bits per heavy atom. The van der Waals surface area contributed by atoms with Gasteiger partial charge >= 0.3 is 5.97 Å². The summed E-state index contributed by atoms with van der Waals surface area (Å²) in [4.78, 5) is 10.8. The Balaban J connectivity index is 2.43. The summed E-state index contributed by atoms with van der Waals surface area (Å²) in [5.74, 6) is -1.04. The van der Waals surface area contributed by atoms with E-state index in [1.165, 1.54) is 18.2 Å². The van der Waals surface area contributed by atoms with E-state index < -0.39 is 15.8 Å². The van der Waals surface area contributed by atoms with Gasteiger partial charge in [0.05, 0.1) is 16.2 Å². The maximum atomic E-state index is 12.3. The van der Waals surface area contributed by atoms with Crippen LogP contribution in [0, 0.1) is 6.92 Å². The second-order valence-corrected chi connectivity index (χ2v) is 6.95. The van der Waals surface area contributed by atoms with Crippen LogP contribution in [0.15, 0.2) is 38.2 Å². The number of carboxylic acid groups (broad SMARTS) is 1. The van der Waals surface area contributed by atoms with E-state index in [0.717, 1.165) is 6.07 Å². The van der Waals surface area contributed by atoms with E-state index in [4.69, 9.17) is 9.63 Å². The average Bonchev–Trinajstić information content (AvgIpc) is 2.73. The number of halogens is 1. The van der Waals surface area contributed by atoms with Gasteiger partial charge in [0.1, 0.15) is 11.5 Å². The number of benzene rings is 1. The molecule has 0 unspecified atom stereocenters. The summed E-state index contributed by atoms with van der Waals surface area (Å²) < 4.78 is 29.7. The van der Waals surface area contributed by atoms with Crippen LogP contribution in [0.3, 0.4) is 0 Å². The van der Waals surface area contributed by atoms with Crippen LogP contribution in [0.1, 0.15) is 21.8 Å². The van der Waals surface area contributed by atoms with E-state index >= 15 is 0 Å². The molecular formula is C12H10BrNO5S. The minimum atomic E-state index is -3.72. The van der Waals surface area contributed by atoms with Gasteiger partial charge in [0.25, 0.3) is 0 Å². The molecule has 1 N–H and O–H groups in total. The first kappa shape index (κ1) is 14.7. The molecular weight excluding hydrogens is 350 g/mol. The highest BCUT2D eigenvalue weighted by molar-refractivity contribution is 9.10. The molecule has 0 saturated heterocycles. The van der Waals surface area contributed by atoms with E-state index in [9.17, 15) is 13.2 Å². The minimum Gasteiger partial charge on any atom is -0.478 e. The molecule has 6 nitrogen and oxygen atoms in total. The van der Waals surface area contributed by atoms with Gasteiger partial charge in [0.2, 0.25) is 0 Å². The number of carboxylic acids is 1. The van der Waals surface area contributed by atoms with Crippen molar-refractivity contribution in [2.24, 2.45) is 0 Å². The van der Waals surface area contributed by atoms with Crippen LogP contribution in [0.25, 0.3) is 0 Å². The minimum absolute atomic E-state index is 0.0851. The number of carbonyl (C=O) groups is 1. The smallest absolute Gasteiger partial charge is 0.335 e. The van der Waals surface area contributed by atoms with Gasteiger partial charge in [-0.05, 0) is 41.1 Å². The Morgan fingerprint density at radius 3 is 2.65 bits per heavy atom. The third-order valence-electron chi connectivity index (χ3n) is 2.53. The van der Waals surface area contributed by atoms with Crippen LogP contribution < -0.4 is 0 Å². The number of aryl methyl sites for hydroxylation is 1. The fourth-order valence-electron chi connectivity index (χ4n) is 1.63. The lowest BCUT2D eigenvalue weighted by atomic mass is 10.2. The van der Waals surface area contributed by atoms with Gasteiger partial charge in [-0.3, -0.25) is 0 Å². The fourth-order valence-corrected chi connectivity index (χ4v) is 3.97. The van der Waals surface area contributed by atoms with Gasteiger partial charge in [0, 0.05) is 10.5 Å². The summed E-state index contributed by atoms with van der Waals surface area (Å²) in [6.07, 6.45) is 0. The molecule has 1 aromatic carbocycles. The molecule has 1 heterocycles. The van der Waals surface area contributed by atoms with Gasteiger partial charge in [-0.1, -0.05) is 5.16 Å². The van der Waals surface area contributed by atoms with Crippen molar-refractivity contribution in [3.05, 3.63) is 45.8 Å². The molecule has 106 valence electrons. The van der Waals surface area contributed by atoms with E-state index in [1.54, 1.807) is 6.92 Å². The molecule has 0 spiro atoms. The maximum Gasteiger partial charge on any atom is 0.335 e. The van der Waals surface area contributed by atoms with Gasteiger partial charge in [-0.15, -0.1) is 0 Å². The predicted molar refractivity (Wildman–Crippen MR) is 73.2 cm³/mol. The zero-order valence-electron chi connectivity index (χ0n) is 10.3. The summed E-state index contributed by atoms with van der Waals surface area (Å²) in [5, 5.41) is 12.5. The van der Waals surface area contributed by atoms with Crippen LogP contribution in [0.2, 0.25) is 0 Å². The molecule has 0 aliphatic heterocycles. The van der Waals surface area contributed by atoms with Crippen LogP contribution in [0.5, 0.6) is 0 Å². The number of aromatic carboxylic acids is 1. The lowest BCUT2D eigenvalue weighted by molar-refractivity contribution is 0.0696. The zero-order chi connectivity index (χ0) is 14.9. The topological polar surface area (TPSA) is 97.5 Å². The van der Waals surface area contributed by atoms with Crippen LogP contribution in [0.4, 0.5) is 0 Å². The molecule has 0 atom stereocenters. The zero-order valence-corrected chi connectivity index (χ0v) is 12.7. The van der Waals surface area contributed by atoms with Crippen LogP contribution in [-0.2, 0) is 15.6 Å². The van der Waals surface area contributed by atoms with E-state index in [-0.39, 0.29) is 21.9 Å². The summed E-state index contributed by atoms with van der Waals surface area (Å²) in [6.45, 7) is 1.66. The van der Waals surface area contributed by atoms with Crippen molar-refractivity contribution < 1.29 is 22.8 Å². The number of nitrogens with zero attached hydrogens (tertiary/aromatic N) is 1. The highest BCUT2D eigenvalue weighted by Gasteiger charge is 2.22. The van der Waals surface area contributed by atoms with Crippen molar-refractivity contribution in [1.82, 2.24) is 5.16 Å². The highest BCUT2D eigenvalue weighted by atomic mass is 79.9. The van der Waals surface area contributed by atoms with Crippen molar-refractivity contribution in [2.75, 3.05) is 0 Å². The van der Waals surface area contributed by atoms with Crippen LogP contribution in [-0.4, -0.2) is 24.7 Å². The number of hydrogen-bond donors (Lipinski definition) is 1. The molecule has 8 heteroatoms. The molecule has 1 aromatic heterocycles. The first-order valence-corrected chi connectivity index (χ1v) is 7.92. The second-order valence-electron chi connectivity index (χ2n) is 4.14. The van der Waals surface area contributed by atoms with E-state index in [2.05, 4.69) is 21.1 Å². The molecule has 0 radical (unpaired) electrons. The number of hydrogen-bond acceptors (Lipinski definition) is 5. The molecule has 0 saturated carbocycles. The lowest BCUT2D eigenvalue weighted by Gasteiger charge is -2.06. The number of aromatic nitrogens is 1. The monoisotopic (exact) mass is 359 g/mol. The summed E-state index contributed by atoms with van der Waals surface area (Å²) in [7, 11) is -3.72. The molecule has 0 amide bonds. The summed E-state index contributed by atoms with van der Waals surface area (Å²) >= 11 is 3.12. The van der Waals surface area contributed by atoms with Crippen molar-refractivity contribution in [3.63, 3.8) is 0 Å². The summed E-state index contributed by atoms with van der Waals surface area (Å²) in [6, 6.07) is 5.36. The highest BCUT2D eigenvalue weighted by Crippen LogP contribution is 2.26. The third kappa shape index (κ3) is 3.07. The Morgan fingerprint density at radius 1 is 1.40 bits per heavy atom. The largest absolute Gasteiger partial charge is 0.478 e. The lowest BCUT2D eigenvalue weighted by Crippen LogP contribution is -2.08. The molecule has 0 bridgehead atoms. The maximum absolute atomic E-state index is 12.3. The normalized spacial score (nSPS) is 11.5. The third-order valence-corrected chi connectivity index (χ3v) is 5.17. The number of sulfone groups is 1. The second kappa shape index (κ2) is 5.37. The van der Waals surface area contributed by atoms with Gasteiger partial charge in [0.15, 0.2) is 9.84 Å². The molecule has 2 rings (SSSR count). The first-order chi connectivity index (χ1) is 9.29. The van der Waals surface area contributed by atoms with Crippen molar-refractivity contribution in [1.29, 1.82) is 0 Å². The Hall–Kier alpha value is -1.67. The molecule has 0 fully saturated rings. The van der Waals surface area contributed by atoms with Gasteiger partial charge < -0.3 is 9.63 Å². The average molecular weight is 360 g/mol. The van der Waals surface area contributed by atoms with Gasteiger partial charge in [-0.2, -0.15) is 0 Å².